The lowest BCUT2D eigenvalue weighted by Gasteiger charge is -2.13. The van der Waals surface area contributed by atoms with Crippen LogP contribution in [0.4, 0.5) is 13.2 Å². The van der Waals surface area contributed by atoms with E-state index in [1.807, 2.05) is 0 Å². The summed E-state index contributed by atoms with van der Waals surface area (Å²) in [5.41, 5.74) is -0.980. The second kappa shape index (κ2) is 5.24. The van der Waals surface area contributed by atoms with Gasteiger partial charge >= 0.3 is 12.1 Å². The van der Waals surface area contributed by atoms with Crippen LogP contribution in [0.1, 0.15) is 15.9 Å². The summed E-state index contributed by atoms with van der Waals surface area (Å²) in [6.45, 7) is 0. The van der Waals surface area contributed by atoms with Crippen molar-refractivity contribution in [3.8, 4) is 11.1 Å². The predicted octanol–water partition coefficient (Wildman–Crippen LogP) is 4.23. The maximum Gasteiger partial charge on any atom is 0.417 e. The molecule has 3 nitrogen and oxygen atoms in total. The summed E-state index contributed by atoms with van der Waals surface area (Å²) in [7, 11) is 0. The molecule has 2 aromatic rings. The van der Waals surface area contributed by atoms with Crippen LogP contribution < -0.4 is 0 Å². The topological polar surface area (TPSA) is 50.2 Å². The van der Waals surface area contributed by atoms with Crippen molar-refractivity contribution in [3.63, 3.8) is 0 Å². The summed E-state index contributed by atoms with van der Waals surface area (Å²) in [5, 5.41) is 9.00. The second-order valence-corrected chi connectivity index (χ2v) is 4.77. The van der Waals surface area contributed by atoms with Crippen molar-refractivity contribution in [2.24, 2.45) is 0 Å². The highest BCUT2D eigenvalue weighted by Crippen LogP contribution is 2.37. The minimum absolute atomic E-state index is 0.112. The Labute approximate surface area is 120 Å². The van der Waals surface area contributed by atoms with E-state index in [1.165, 1.54) is 18.2 Å². The van der Waals surface area contributed by atoms with Gasteiger partial charge < -0.3 is 5.11 Å². The van der Waals surface area contributed by atoms with Gasteiger partial charge in [-0.05, 0) is 39.7 Å². The Kier molecular flexibility index (Phi) is 3.80. The molecule has 0 amide bonds. The number of carbonyl (C=O) groups is 1. The number of aromatic carboxylic acids is 1. The number of pyridine rings is 1. The number of benzene rings is 1. The van der Waals surface area contributed by atoms with E-state index in [-0.39, 0.29) is 16.7 Å². The number of aromatic nitrogens is 1. The normalized spacial score (nSPS) is 11.4. The number of hydrogen-bond acceptors (Lipinski definition) is 2. The number of rotatable bonds is 2. The van der Waals surface area contributed by atoms with Gasteiger partial charge in [0.25, 0.3) is 0 Å². The van der Waals surface area contributed by atoms with Crippen LogP contribution in [0.5, 0.6) is 0 Å². The van der Waals surface area contributed by atoms with Gasteiger partial charge in [-0.25, -0.2) is 4.79 Å². The van der Waals surface area contributed by atoms with Crippen molar-refractivity contribution >= 4 is 21.9 Å². The van der Waals surface area contributed by atoms with E-state index in [0.717, 1.165) is 18.5 Å². The van der Waals surface area contributed by atoms with Crippen molar-refractivity contribution in [1.29, 1.82) is 0 Å². The van der Waals surface area contributed by atoms with E-state index < -0.39 is 17.7 Å². The molecule has 0 saturated heterocycles. The Morgan fingerprint density at radius 1 is 1.25 bits per heavy atom. The molecule has 0 radical (unpaired) electrons. The Bertz CT molecular complexity index is 671. The van der Waals surface area contributed by atoms with Gasteiger partial charge in [-0.15, -0.1) is 0 Å². The summed E-state index contributed by atoms with van der Waals surface area (Å²) in [5.74, 6) is -1.23. The van der Waals surface area contributed by atoms with Gasteiger partial charge in [0.05, 0.1) is 11.1 Å². The van der Waals surface area contributed by atoms with Crippen molar-refractivity contribution in [3.05, 3.63) is 52.3 Å². The zero-order chi connectivity index (χ0) is 14.9. The first kappa shape index (κ1) is 14.5. The molecule has 1 heterocycles. The number of carboxylic acids is 1. The van der Waals surface area contributed by atoms with Crippen LogP contribution in [-0.2, 0) is 6.18 Å². The number of halogens is 4. The maximum atomic E-state index is 12.9. The maximum absolute atomic E-state index is 12.9. The molecular formula is C13H7BrF3NO2. The molecule has 0 spiro atoms. The van der Waals surface area contributed by atoms with Gasteiger partial charge in [-0.3, -0.25) is 4.98 Å². The molecule has 0 aliphatic heterocycles. The van der Waals surface area contributed by atoms with Crippen LogP contribution in [0.3, 0.4) is 0 Å². The van der Waals surface area contributed by atoms with Gasteiger partial charge in [0, 0.05) is 22.4 Å². The summed E-state index contributed by atoms with van der Waals surface area (Å²) in [6, 6.07) is 4.84. The third-order valence-corrected chi connectivity index (χ3v) is 3.33. The molecule has 0 saturated carbocycles. The molecule has 0 atom stereocenters. The molecular weight excluding hydrogens is 339 g/mol. The highest BCUT2D eigenvalue weighted by atomic mass is 79.9. The van der Waals surface area contributed by atoms with E-state index in [2.05, 4.69) is 20.9 Å². The van der Waals surface area contributed by atoms with E-state index in [1.54, 1.807) is 0 Å². The average Bonchev–Trinajstić information content (AvgIpc) is 2.38. The van der Waals surface area contributed by atoms with Crippen LogP contribution in [0, 0.1) is 0 Å². The quantitative estimate of drug-likeness (QED) is 0.886. The van der Waals surface area contributed by atoms with Crippen LogP contribution in [0.25, 0.3) is 11.1 Å². The standard InChI is InChI=1S/C13H7BrF3NO2/c14-11-2-1-7(5-8(11)12(19)20)9-6-18-4-3-10(9)13(15,16)17/h1-6H,(H,19,20). The van der Waals surface area contributed by atoms with Gasteiger partial charge in [0.15, 0.2) is 0 Å². The van der Waals surface area contributed by atoms with Crippen molar-refractivity contribution < 1.29 is 23.1 Å². The fourth-order valence-electron chi connectivity index (χ4n) is 1.73. The SMILES string of the molecule is O=C(O)c1cc(-c2cnccc2C(F)(F)F)ccc1Br. The Balaban J connectivity index is 2.64. The highest BCUT2D eigenvalue weighted by molar-refractivity contribution is 9.10. The fraction of sp³-hybridized carbons (Fsp3) is 0.0769. The molecule has 1 aromatic heterocycles. The lowest BCUT2D eigenvalue weighted by molar-refractivity contribution is -0.137. The van der Waals surface area contributed by atoms with Crippen molar-refractivity contribution in [2.75, 3.05) is 0 Å². The number of hydrogen-bond donors (Lipinski definition) is 1. The molecule has 0 fully saturated rings. The highest BCUT2D eigenvalue weighted by Gasteiger charge is 2.33. The Hall–Kier alpha value is -1.89. The Morgan fingerprint density at radius 3 is 2.55 bits per heavy atom. The van der Waals surface area contributed by atoms with Crippen LogP contribution in [0.15, 0.2) is 41.1 Å². The third-order valence-electron chi connectivity index (χ3n) is 2.63. The summed E-state index contributed by atoms with van der Waals surface area (Å²) >= 11 is 3.04. The molecule has 1 N–H and O–H groups in total. The van der Waals surface area contributed by atoms with Gasteiger partial charge in [0.1, 0.15) is 0 Å². The minimum atomic E-state index is -4.53. The van der Waals surface area contributed by atoms with Gasteiger partial charge in [0.2, 0.25) is 0 Å². The van der Waals surface area contributed by atoms with Crippen LogP contribution >= 0.6 is 15.9 Å². The van der Waals surface area contributed by atoms with E-state index >= 15 is 0 Å². The lowest BCUT2D eigenvalue weighted by Crippen LogP contribution is -2.07. The first-order valence-electron chi connectivity index (χ1n) is 5.35. The summed E-state index contributed by atoms with van der Waals surface area (Å²) in [4.78, 5) is 14.7. The molecule has 104 valence electrons. The van der Waals surface area contributed by atoms with Crippen molar-refractivity contribution in [2.45, 2.75) is 6.18 Å². The number of alkyl halides is 3. The summed E-state index contributed by atoms with van der Waals surface area (Å²) in [6.07, 6.45) is -2.42. The largest absolute Gasteiger partial charge is 0.478 e. The molecule has 0 aliphatic carbocycles. The predicted molar refractivity (Wildman–Crippen MR) is 69.3 cm³/mol. The third kappa shape index (κ3) is 2.82. The monoisotopic (exact) mass is 345 g/mol. The summed E-state index contributed by atoms with van der Waals surface area (Å²) < 4.78 is 39.1. The van der Waals surface area contributed by atoms with Crippen molar-refractivity contribution in [1.82, 2.24) is 4.98 Å². The van der Waals surface area contributed by atoms with Gasteiger partial charge in [-0.1, -0.05) is 6.07 Å². The molecule has 20 heavy (non-hydrogen) atoms. The van der Waals surface area contributed by atoms with E-state index in [4.69, 9.17) is 5.11 Å². The van der Waals surface area contributed by atoms with Gasteiger partial charge in [-0.2, -0.15) is 13.2 Å². The lowest BCUT2D eigenvalue weighted by atomic mass is 10.00. The zero-order valence-corrected chi connectivity index (χ0v) is 11.4. The molecule has 1 aromatic carbocycles. The molecule has 0 bridgehead atoms. The van der Waals surface area contributed by atoms with E-state index in [9.17, 15) is 18.0 Å². The average molecular weight is 346 g/mol. The van der Waals surface area contributed by atoms with Crippen LogP contribution in [-0.4, -0.2) is 16.1 Å². The van der Waals surface area contributed by atoms with Crippen LogP contribution in [0.2, 0.25) is 0 Å². The molecule has 0 unspecified atom stereocenters. The number of carboxylic acid groups (broad SMARTS) is 1. The molecule has 2 rings (SSSR count). The molecule has 0 aliphatic rings. The van der Waals surface area contributed by atoms with E-state index in [0.29, 0.717) is 4.47 Å². The molecule has 7 heteroatoms. The minimum Gasteiger partial charge on any atom is -0.478 e. The fourth-order valence-corrected chi connectivity index (χ4v) is 2.14. The Morgan fingerprint density at radius 2 is 1.95 bits per heavy atom. The number of nitrogens with zero attached hydrogens (tertiary/aromatic N) is 1. The smallest absolute Gasteiger partial charge is 0.417 e. The first-order chi connectivity index (χ1) is 9.30. The second-order valence-electron chi connectivity index (χ2n) is 3.92. The zero-order valence-electron chi connectivity index (χ0n) is 9.78. The first-order valence-corrected chi connectivity index (χ1v) is 6.14.